The molecule has 0 aliphatic carbocycles. The molecule has 3 aliphatic rings. The van der Waals surface area contributed by atoms with Crippen LogP contribution in [-0.4, -0.2) is 36.1 Å². The van der Waals surface area contributed by atoms with Crippen molar-refractivity contribution in [2.24, 2.45) is 11.8 Å². The van der Waals surface area contributed by atoms with Gasteiger partial charge in [0.05, 0.1) is 29.8 Å². The maximum atomic E-state index is 13.5. The van der Waals surface area contributed by atoms with Gasteiger partial charge >= 0.3 is 12.4 Å². The van der Waals surface area contributed by atoms with Crippen LogP contribution in [0.15, 0.2) is 70.9 Å². The summed E-state index contributed by atoms with van der Waals surface area (Å²) < 4.78 is 86.4. The van der Waals surface area contributed by atoms with Gasteiger partial charge < -0.3 is 15.4 Å². The normalized spacial score (nSPS) is 22.4. The molecule has 7 rings (SSSR count). The molecule has 2 N–H and O–H groups in total. The molecule has 7 nitrogen and oxygen atoms in total. The van der Waals surface area contributed by atoms with E-state index in [1.54, 1.807) is 30.5 Å². The standard InChI is InChI=1S/C32H28F6N4O3/c1-3-16-15-42-9-7-17(16)10-25(42)26(22-6-8-39-24-5-4-21(45-2)14-23(22)24)41-28-27(29(43)30(28)44)40-20-12-18(31(33,34)35)11-19(13-20)32(36,37)38/h3-6,8,11-14,16-17,25-26,40-41H,1,7,9-10,15H2,2H3/t16-,17-,25?,26-/m0/s1. The van der Waals surface area contributed by atoms with Gasteiger partial charge in [-0.1, -0.05) is 6.08 Å². The average Bonchev–Trinajstić information content (AvgIpc) is 3.03. The molecule has 236 valence electrons. The molecule has 3 fully saturated rings. The van der Waals surface area contributed by atoms with Gasteiger partial charge in [-0.2, -0.15) is 26.3 Å². The minimum Gasteiger partial charge on any atom is -0.497 e. The number of methoxy groups -OCH3 is 1. The summed E-state index contributed by atoms with van der Waals surface area (Å²) in [7, 11) is 1.52. The summed E-state index contributed by atoms with van der Waals surface area (Å²) in [6.45, 7) is 5.48. The van der Waals surface area contributed by atoms with E-state index >= 15 is 0 Å². The Bertz CT molecular complexity index is 1810. The molecule has 3 saturated heterocycles. The van der Waals surface area contributed by atoms with Crippen LogP contribution in [0.25, 0.3) is 10.9 Å². The molecule has 13 heteroatoms. The SMILES string of the molecule is C=C[C@H]1CN2CC[C@H]1CC2[C@@H](Nc1c(Nc2cc(C(F)(F)F)cc(C(F)(F)F)c2)c(=O)c1=O)c1ccnc2ccc(OC)cc12. The molecule has 2 bridgehead atoms. The number of anilines is 3. The molecular formula is C32H28F6N4O3. The summed E-state index contributed by atoms with van der Waals surface area (Å²) >= 11 is 0. The van der Waals surface area contributed by atoms with Crippen molar-refractivity contribution in [3.05, 3.63) is 98.5 Å². The molecule has 0 amide bonds. The number of hydrogen-bond acceptors (Lipinski definition) is 7. The summed E-state index contributed by atoms with van der Waals surface area (Å²) in [5, 5.41) is 6.30. The topological polar surface area (TPSA) is 83.6 Å². The lowest BCUT2D eigenvalue weighted by atomic mass is 9.73. The van der Waals surface area contributed by atoms with Gasteiger partial charge in [-0.3, -0.25) is 19.5 Å². The Labute approximate surface area is 253 Å². The Morgan fingerprint density at radius 1 is 1.00 bits per heavy atom. The van der Waals surface area contributed by atoms with E-state index in [0.717, 1.165) is 36.9 Å². The van der Waals surface area contributed by atoms with Gasteiger partial charge in [0.15, 0.2) is 0 Å². The van der Waals surface area contributed by atoms with Gasteiger partial charge in [0.1, 0.15) is 17.1 Å². The fourth-order valence-electron chi connectivity index (χ4n) is 6.63. The van der Waals surface area contributed by atoms with Crippen molar-refractivity contribution in [3.63, 3.8) is 0 Å². The number of pyridine rings is 1. The summed E-state index contributed by atoms with van der Waals surface area (Å²) in [6.07, 6.45) is -4.94. The summed E-state index contributed by atoms with van der Waals surface area (Å²) in [5.74, 6) is 1.16. The maximum Gasteiger partial charge on any atom is 0.416 e. The van der Waals surface area contributed by atoms with Crippen molar-refractivity contribution < 1.29 is 31.1 Å². The van der Waals surface area contributed by atoms with Crippen LogP contribution in [0.2, 0.25) is 0 Å². The van der Waals surface area contributed by atoms with Crippen LogP contribution in [0.4, 0.5) is 43.4 Å². The van der Waals surface area contributed by atoms with Gasteiger partial charge in [0.2, 0.25) is 0 Å². The van der Waals surface area contributed by atoms with Crippen molar-refractivity contribution in [2.45, 2.75) is 37.3 Å². The van der Waals surface area contributed by atoms with Crippen LogP contribution < -0.4 is 26.2 Å². The molecule has 0 radical (unpaired) electrons. The predicted molar refractivity (Wildman–Crippen MR) is 158 cm³/mol. The lowest BCUT2D eigenvalue weighted by Crippen LogP contribution is -2.56. The number of rotatable bonds is 8. The Balaban J connectivity index is 1.43. The number of nitrogens with one attached hydrogen (secondary N) is 2. The second-order valence-electron chi connectivity index (χ2n) is 11.5. The summed E-state index contributed by atoms with van der Waals surface area (Å²) in [4.78, 5) is 32.4. The number of piperidine rings is 3. The number of aromatic nitrogens is 1. The zero-order chi connectivity index (χ0) is 32.3. The minimum absolute atomic E-state index is 0.00556. The van der Waals surface area contributed by atoms with E-state index in [9.17, 15) is 35.9 Å². The van der Waals surface area contributed by atoms with E-state index in [1.807, 2.05) is 6.08 Å². The van der Waals surface area contributed by atoms with Crippen molar-refractivity contribution in [2.75, 3.05) is 30.8 Å². The highest BCUT2D eigenvalue weighted by Crippen LogP contribution is 2.44. The Kier molecular flexibility index (Phi) is 7.62. The van der Waals surface area contributed by atoms with Gasteiger partial charge in [0.25, 0.3) is 10.9 Å². The molecule has 4 heterocycles. The van der Waals surface area contributed by atoms with Gasteiger partial charge in [-0.25, -0.2) is 0 Å². The van der Waals surface area contributed by atoms with E-state index < -0.39 is 51.8 Å². The first kappa shape index (κ1) is 30.6. The van der Waals surface area contributed by atoms with Crippen molar-refractivity contribution >= 4 is 28.0 Å². The van der Waals surface area contributed by atoms with E-state index in [0.29, 0.717) is 29.3 Å². The largest absolute Gasteiger partial charge is 0.497 e. The number of halogens is 6. The lowest BCUT2D eigenvalue weighted by molar-refractivity contribution is -0.143. The number of ether oxygens (including phenoxy) is 1. The number of alkyl halides is 6. The Hall–Kier alpha value is -4.39. The van der Waals surface area contributed by atoms with Crippen LogP contribution in [0.5, 0.6) is 5.75 Å². The molecule has 5 atom stereocenters. The first-order valence-electron chi connectivity index (χ1n) is 14.2. The van der Waals surface area contributed by atoms with Crippen LogP contribution in [0, 0.1) is 11.8 Å². The highest BCUT2D eigenvalue weighted by atomic mass is 19.4. The number of benzene rings is 2. The molecule has 4 aromatic rings. The molecule has 2 unspecified atom stereocenters. The number of nitrogens with zero attached hydrogens (tertiary/aromatic N) is 2. The third-order valence-corrected chi connectivity index (χ3v) is 8.92. The molecule has 45 heavy (non-hydrogen) atoms. The zero-order valence-electron chi connectivity index (χ0n) is 23.9. The number of fused-ring (bicyclic) bond motifs is 4. The van der Waals surface area contributed by atoms with E-state index in [4.69, 9.17) is 4.74 Å². The average molecular weight is 631 g/mol. The molecule has 0 spiro atoms. The van der Waals surface area contributed by atoms with E-state index in [1.165, 1.54) is 7.11 Å². The van der Waals surface area contributed by atoms with Crippen LogP contribution in [-0.2, 0) is 12.4 Å². The third kappa shape index (κ3) is 5.65. The Morgan fingerprint density at radius 3 is 2.29 bits per heavy atom. The predicted octanol–water partition coefficient (Wildman–Crippen LogP) is 6.67. The van der Waals surface area contributed by atoms with Crippen molar-refractivity contribution in [1.82, 2.24) is 9.88 Å². The van der Waals surface area contributed by atoms with E-state index in [-0.39, 0.29) is 23.7 Å². The minimum atomic E-state index is -5.08. The fraction of sp³-hybridized carbons (Fsp3) is 0.344. The van der Waals surface area contributed by atoms with Crippen molar-refractivity contribution in [3.8, 4) is 5.75 Å². The molecular weight excluding hydrogens is 602 g/mol. The van der Waals surface area contributed by atoms with E-state index in [2.05, 4.69) is 27.1 Å². The Morgan fingerprint density at radius 2 is 1.69 bits per heavy atom. The first-order valence-corrected chi connectivity index (χ1v) is 14.2. The monoisotopic (exact) mass is 630 g/mol. The lowest BCUT2D eigenvalue weighted by Gasteiger charge is -2.52. The fourth-order valence-corrected chi connectivity index (χ4v) is 6.63. The quantitative estimate of drug-likeness (QED) is 0.128. The summed E-state index contributed by atoms with van der Waals surface area (Å²) in [6, 6.07) is 7.29. The molecule has 3 aliphatic heterocycles. The van der Waals surface area contributed by atoms with Gasteiger partial charge in [-0.05, 0) is 79.3 Å². The highest BCUT2D eigenvalue weighted by Gasteiger charge is 2.44. The van der Waals surface area contributed by atoms with Crippen LogP contribution >= 0.6 is 0 Å². The van der Waals surface area contributed by atoms with Gasteiger partial charge in [-0.15, -0.1) is 6.58 Å². The second kappa shape index (κ2) is 11.2. The van der Waals surface area contributed by atoms with Gasteiger partial charge in [0, 0.05) is 29.9 Å². The molecule has 1 aromatic heterocycles. The first-order chi connectivity index (χ1) is 21.3. The molecule has 0 saturated carbocycles. The molecule has 3 aromatic carbocycles. The highest BCUT2D eigenvalue weighted by molar-refractivity contribution is 5.85. The van der Waals surface area contributed by atoms with Crippen molar-refractivity contribution in [1.29, 1.82) is 0 Å². The van der Waals surface area contributed by atoms with Crippen LogP contribution in [0.1, 0.15) is 35.6 Å². The second-order valence-corrected chi connectivity index (χ2v) is 11.5. The maximum absolute atomic E-state index is 13.5. The smallest absolute Gasteiger partial charge is 0.416 e. The van der Waals surface area contributed by atoms with Crippen LogP contribution in [0.3, 0.4) is 0 Å². The third-order valence-electron chi connectivity index (χ3n) is 8.92. The zero-order valence-corrected chi connectivity index (χ0v) is 23.9. The summed E-state index contributed by atoms with van der Waals surface area (Å²) in [5.41, 5.74) is -4.95. The number of hydrogen-bond donors (Lipinski definition) is 2.